The van der Waals surface area contributed by atoms with E-state index in [9.17, 15) is 4.91 Å². The number of nitrogens with zero attached hydrogens (tertiary/aromatic N) is 5. The Bertz CT molecular complexity index is 1060. The maximum Gasteiger partial charge on any atom is 0.227 e. The summed E-state index contributed by atoms with van der Waals surface area (Å²) in [5, 5.41) is 6.05. The van der Waals surface area contributed by atoms with E-state index in [1.54, 1.807) is 36.9 Å². The molecule has 0 atom stereocenters. The predicted molar refractivity (Wildman–Crippen MR) is 104 cm³/mol. The second-order valence-electron chi connectivity index (χ2n) is 5.97. The SMILES string of the molecule is O=Nc1cccc(Nc2nccc(-c3cccc(Cn4ccnc4)c3)n2)c1. The molecule has 0 spiro atoms. The first-order valence-corrected chi connectivity index (χ1v) is 8.39. The van der Waals surface area contributed by atoms with E-state index in [4.69, 9.17) is 0 Å². The number of imidazole rings is 1. The van der Waals surface area contributed by atoms with Crippen LogP contribution in [0.4, 0.5) is 17.3 Å². The summed E-state index contributed by atoms with van der Waals surface area (Å²) < 4.78 is 2.01. The Morgan fingerprint density at radius 1 is 1.04 bits per heavy atom. The minimum absolute atomic E-state index is 0.350. The Balaban J connectivity index is 1.57. The van der Waals surface area contributed by atoms with E-state index in [1.165, 1.54) is 0 Å². The summed E-state index contributed by atoms with van der Waals surface area (Å²) in [6.07, 6.45) is 7.19. The first-order chi connectivity index (χ1) is 13.3. The van der Waals surface area contributed by atoms with Gasteiger partial charge >= 0.3 is 0 Å². The van der Waals surface area contributed by atoms with E-state index in [0.717, 1.165) is 23.4 Å². The molecule has 0 aliphatic rings. The molecule has 0 unspecified atom stereocenters. The molecule has 132 valence electrons. The van der Waals surface area contributed by atoms with E-state index >= 15 is 0 Å². The van der Waals surface area contributed by atoms with Crippen LogP contribution in [0.5, 0.6) is 0 Å². The number of hydrogen-bond acceptors (Lipinski definition) is 6. The smallest absolute Gasteiger partial charge is 0.227 e. The molecule has 0 aliphatic heterocycles. The summed E-state index contributed by atoms with van der Waals surface area (Å²) in [5.74, 6) is 0.454. The van der Waals surface area contributed by atoms with Gasteiger partial charge < -0.3 is 9.88 Å². The summed E-state index contributed by atoms with van der Waals surface area (Å²) in [5.41, 5.74) is 4.02. The van der Waals surface area contributed by atoms with Crippen LogP contribution in [0, 0.1) is 4.91 Å². The zero-order valence-electron chi connectivity index (χ0n) is 14.4. The first-order valence-electron chi connectivity index (χ1n) is 8.39. The molecule has 4 aromatic rings. The van der Waals surface area contributed by atoms with Crippen molar-refractivity contribution in [1.29, 1.82) is 0 Å². The lowest BCUT2D eigenvalue weighted by atomic mass is 10.1. The average molecular weight is 356 g/mol. The Morgan fingerprint density at radius 3 is 2.81 bits per heavy atom. The molecule has 7 nitrogen and oxygen atoms in total. The maximum atomic E-state index is 10.7. The van der Waals surface area contributed by atoms with Gasteiger partial charge in [0.2, 0.25) is 5.95 Å². The topological polar surface area (TPSA) is 85.1 Å². The third-order valence-electron chi connectivity index (χ3n) is 4.01. The van der Waals surface area contributed by atoms with Crippen LogP contribution >= 0.6 is 0 Å². The Hall–Kier alpha value is -3.87. The molecule has 7 heteroatoms. The highest BCUT2D eigenvalue weighted by molar-refractivity contribution is 5.64. The third kappa shape index (κ3) is 4.04. The molecule has 2 aromatic carbocycles. The van der Waals surface area contributed by atoms with Crippen molar-refractivity contribution in [2.24, 2.45) is 5.18 Å². The van der Waals surface area contributed by atoms with Crippen LogP contribution in [0.1, 0.15) is 5.56 Å². The summed E-state index contributed by atoms with van der Waals surface area (Å²) in [6.45, 7) is 0.746. The van der Waals surface area contributed by atoms with Crippen molar-refractivity contribution in [2.75, 3.05) is 5.32 Å². The second-order valence-corrected chi connectivity index (χ2v) is 5.97. The molecular formula is C20H16N6O. The highest BCUT2D eigenvalue weighted by atomic mass is 16.3. The minimum atomic E-state index is 0.350. The van der Waals surface area contributed by atoms with Gasteiger partial charge in [0.15, 0.2) is 0 Å². The van der Waals surface area contributed by atoms with Crippen molar-refractivity contribution in [2.45, 2.75) is 6.54 Å². The van der Waals surface area contributed by atoms with Crippen molar-refractivity contribution >= 4 is 17.3 Å². The van der Waals surface area contributed by atoms with E-state index in [-0.39, 0.29) is 0 Å². The maximum absolute atomic E-state index is 10.7. The minimum Gasteiger partial charge on any atom is -0.333 e. The molecule has 27 heavy (non-hydrogen) atoms. The predicted octanol–water partition coefficient (Wildman–Crippen LogP) is 4.53. The molecule has 0 amide bonds. The van der Waals surface area contributed by atoms with Crippen molar-refractivity contribution in [3.63, 3.8) is 0 Å². The van der Waals surface area contributed by atoms with Crippen molar-refractivity contribution in [3.05, 3.63) is 90.0 Å². The zero-order valence-corrected chi connectivity index (χ0v) is 14.4. The Morgan fingerprint density at radius 2 is 1.96 bits per heavy atom. The van der Waals surface area contributed by atoms with Gasteiger partial charge in [0, 0.05) is 36.4 Å². The molecule has 0 fully saturated rings. The lowest BCUT2D eigenvalue weighted by molar-refractivity contribution is 0.797. The largest absolute Gasteiger partial charge is 0.333 e. The lowest BCUT2D eigenvalue weighted by Crippen LogP contribution is -1.99. The van der Waals surface area contributed by atoms with Gasteiger partial charge in [-0.25, -0.2) is 15.0 Å². The Kier molecular flexibility index (Phi) is 4.65. The first kappa shape index (κ1) is 16.6. The number of hydrogen-bond donors (Lipinski definition) is 1. The fraction of sp³-hybridized carbons (Fsp3) is 0.0500. The number of nitrogens with one attached hydrogen (secondary N) is 1. The van der Waals surface area contributed by atoms with Crippen LogP contribution in [-0.2, 0) is 6.54 Å². The third-order valence-corrected chi connectivity index (χ3v) is 4.01. The van der Waals surface area contributed by atoms with Crippen LogP contribution in [-0.4, -0.2) is 19.5 Å². The molecule has 2 aromatic heterocycles. The van der Waals surface area contributed by atoms with E-state index in [2.05, 4.69) is 37.6 Å². The molecule has 0 bridgehead atoms. The normalized spacial score (nSPS) is 10.5. The fourth-order valence-corrected chi connectivity index (χ4v) is 2.77. The van der Waals surface area contributed by atoms with E-state index in [1.807, 2.05) is 35.0 Å². The standard InChI is InChI=1S/C20H16N6O/c27-25-18-6-2-5-17(12-18)23-20-22-8-7-19(24-20)16-4-1-3-15(11-16)13-26-10-9-21-14-26/h1-12,14H,13H2,(H,22,23,24). The number of rotatable bonds is 6. The van der Waals surface area contributed by atoms with Gasteiger partial charge in [0.05, 0.1) is 12.0 Å². The van der Waals surface area contributed by atoms with Crippen LogP contribution in [0.2, 0.25) is 0 Å². The van der Waals surface area contributed by atoms with Gasteiger partial charge in [-0.2, -0.15) is 0 Å². The molecule has 0 aliphatic carbocycles. The molecular weight excluding hydrogens is 340 g/mol. The van der Waals surface area contributed by atoms with Crippen LogP contribution < -0.4 is 5.32 Å². The van der Waals surface area contributed by atoms with Crippen molar-refractivity contribution in [1.82, 2.24) is 19.5 Å². The number of nitroso groups, excluding NO2 is 1. The van der Waals surface area contributed by atoms with E-state index in [0.29, 0.717) is 17.3 Å². The number of benzene rings is 2. The molecule has 2 heterocycles. The van der Waals surface area contributed by atoms with Gasteiger partial charge in [-0.15, -0.1) is 4.91 Å². The van der Waals surface area contributed by atoms with Gasteiger partial charge in [-0.05, 0) is 41.1 Å². The highest BCUT2D eigenvalue weighted by Gasteiger charge is 2.05. The molecule has 0 saturated carbocycles. The fourth-order valence-electron chi connectivity index (χ4n) is 2.77. The molecule has 0 radical (unpaired) electrons. The van der Waals surface area contributed by atoms with Crippen molar-refractivity contribution < 1.29 is 0 Å². The molecule has 1 N–H and O–H groups in total. The summed E-state index contributed by atoms with van der Waals surface area (Å²) in [7, 11) is 0. The van der Waals surface area contributed by atoms with Crippen LogP contribution in [0.25, 0.3) is 11.3 Å². The van der Waals surface area contributed by atoms with Crippen LogP contribution in [0.3, 0.4) is 0 Å². The number of anilines is 2. The van der Waals surface area contributed by atoms with Gasteiger partial charge in [0.1, 0.15) is 5.69 Å². The zero-order chi connectivity index (χ0) is 18.5. The average Bonchev–Trinajstić information content (AvgIpc) is 3.22. The monoisotopic (exact) mass is 356 g/mol. The van der Waals surface area contributed by atoms with Gasteiger partial charge in [-0.3, -0.25) is 0 Å². The molecule has 4 rings (SSSR count). The van der Waals surface area contributed by atoms with Crippen LogP contribution in [0.15, 0.2) is 84.7 Å². The second kappa shape index (κ2) is 7.57. The highest BCUT2D eigenvalue weighted by Crippen LogP contribution is 2.23. The van der Waals surface area contributed by atoms with Gasteiger partial charge in [-0.1, -0.05) is 24.3 Å². The van der Waals surface area contributed by atoms with Gasteiger partial charge in [0.25, 0.3) is 0 Å². The van der Waals surface area contributed by atoms with E-state index < -0.39 is 0 Å². The Labute approximate surface area is 155 Å². The molecule has 0 saturated heterocycles. The number of aromatic nitrogens is 4. The summed E-state index contributed by atoms with van der Waals surface area (Å²) >= 11 is 0. The van der Waals surface area contributed by atoms with Crippen molar-refractivity contribution in [3.8, 4) is 11.3 Å². The lowest BCUT2D eigenvalue weighted by Gasteiger charge is -2.08. The summed E-state index contributed by atoms with van der Waals surface area (Å²) in [6, 6.07) is 16.9. The summed E-state index contributed by atoms with van der Waals surface area (Å²) in [4.78, 5) is 23.6. The quantitative estimate of drug-likeness (QED) is 0.513.